The second kappa shape index (κ2) is 5.76. The number of rotatable bonds is 3. The lowest BCUT2D eigenvalue weighted by atomic mass is 10.0. The van der Waals surface area contributed by atoms with Gasteiger partial charge in [-0.15, -0.1) is 0 Å². The van der Waals surface area contributed by atoms with Gasteiger partial charge in [0.15, 0.2) is 23.3 Å². The Hall–Kier alpha value is -2.04. The molecule has 1 nitrogen and oxygen atoms in total. The van der Waals surface area contributed by atoms with E-state index in [9.17, 15) is 17.6 Å². The topological polar surface area (TPSA) is 12.0 Å². The largest absolute Gasteiger partial charge is 0.374 e. The predicted molar refractivity (Wildman–Crippen MR) is 74.2 cm³/mol. The molecule has 1 N–H and O–H groups in total. The second-order valence-electron chi connectivity index (χ2n) is 5.13. The van der Waals surface area contributed by atoms with Gasteiger partial charge >= 0.3 is 0 Å². The summed E-state index contributed by atoms with van der Waals surface area (Å²) in [5.74, 6) is -5.71. The third kappa shape index (κ3) is 3.17. The molecule has 1 unspecified atom stereocenters. The zero-order valence-corrected chi connectivity index (χ0v) is 11.9. The molecule has 5 heteroatoms. The lowest BCUT2D eigenvalue weighted by molar-refractivity contribution is 0.457. The molecule has 0 aliphatic rings. The highest BCUT2D eigenvalue weighted by atomic mass is 19.2. The van der Waals surface area contributed by atoms with Crippen molar-refractivity contribution in [2.24, 2.45) is 0 Å². The van der Waals surface area contributed by atoms with Crippen LogP contribution in [0.3, 0.4) is 0 Å². The summed E-state index contributed by atoms with van der Waals surface area (Å²) in [6.07, 6.45) is 0. The molecule has 0 aromatic heterocycles. The van der Waals surface area contributed by atoms with E-state index < -0.39 is 35.0 Å². The molecule has 0 bridgehead atoms. The maximum Gasteiger partial charge on any atom is 0.185 e. The van der Waals surface area contributed by atoms with Crippen molar-refractivity contribution < 1.29 is 17.6 Å². The Morgan fingerprint density at radius 1 is 0.810 bits per heavy atom. The van der Waals surface area contributed by atoms with Crippen LogP contribution in [0.5, 0.6) is 0 Å². The summed E-state index contributed by atoms with van der Waals surface area (Å²) in [6.45, 7) is 5.45. The summed E-state index contributed by atoms with van der Waals surface area (Å²) < 4.78 is 53.6. The summed E-state index contributed by atoms with van der Waals surface area (Å²) in [4.78, 5) is 0. The van der Waals surface area contributed by atoms with E-state index in [0.717, 1.165) is 16.7 Å². The third-order valence-corrected chi connectivity index (χ3v) is 3.22. The molecular weight excluding hydrogens is 282 g/mol. The van der Waals surface area contributed by atoms with Gasteiger partial charge in [-0.25, -0.2) is 17.6 Å². The highest BCUT2D eigenvalue weighted by Crippen LogP contribution is 2.28. The van der Waals surface area contributed by atoms with Crippen molar-refractivity contribution in [3.63, 3.8) is 0 Å². The molecular formula is C16H15F4N. The summed E-state index contributed by atoms with van der Waals surface area (Å²) in [7, 11) is 0. The van der Waals surface area contributed by atoms with Gasteiger partial charge in [0.05, 0.1) is 0 Å². The molecule has 2 aromatic rings. The summed E-state index contributed by atoms with van der Waals surface area (Å²) in [6, 6.07) is 5.33. The molecule has 2 rings (SSSR count). The van der Waals surface area contributed by atoms with E-state index in [1.165, 1.54) is 0 Å². The van der Waals surface area contributed by atoms with Gasteiger partial charge in [-0.1, -0.05) is 29.3 Å². The van der Waals surface area contributed by atoms with Crippen LogP contribution in [-0.4, -0.2) is 0 Å². The number of hydrogen-bond acceptors (Lipinski definition) is 1. The lowest BCUT2D eigenvalue weighted by Crippen LogP contribution is -2.12. The third-order valence-electron chi connectivity index (χ3n) is 3.22. The predicted octanol–water partition coefficient (Wildman–Crippen LogP) is 5.03. The van der Waals surface area contributed by atoms with Crippen LogP contribution in [0, 0.1) is 37.1 Å². The highest BCUT2D eigenvalue weighted by Gasteiger charge is 2.20. The summed E-state index contributed by atoms with van der Waals surface area (Å²) in [5.41, 5.74) is 1.96. The Morgan fingerprint density at radius 3 is 1.76 bits per heavy atom. The summed E-state index contributed by atoms with van der Waals surface area (Å²) in [5, 5.41) is 2.50. The van der Waals surface area contributed by atoms with Gasteiger partial charge in [-0.05, 0) is 26.3 Å². The van der Waals surface area contributed by atoms with Crippen LogP contribution in [0.2, 0.25) is 0 Å². The molecule has 21 heavy (non-hydrogen) atoms. The Balaban J connectivity index is 2.38. The SMILES string of the molecule is Cc1cc(C)cc(C(C)Nc2c(F)c(F)cc(F)c2F)c1. The Bertz CT molecular complexity index is 636. The zero-order valence-electron chi connectivity index (χ0n) is 11.9. The Morgan fingerprint density at radius 2 is 1.29 bits per heavy atom. The molecule has 0 fully saturated rings. The van der Waals surface area contributed by atoms with Gasteiger partial charge in [0.1, 0.15) is 5.69 Å². The first kappa shape index (κ1) is 15.4. The van der Waals surface area contributed by atoms with Crippen molar-refractivity contribution in [1.82, 2.24) is 0 Å². The second-order valence-corrected chi connectivity index (χ2v) is 5.13. The fraction of sp³-hybridized carbons (Fsp3) is 0.250. The number of benzene rings is 2. The first-order valence-electron chi connectivity index (χ1n) is 6.47. The van der Waals surface area contributed by atoms with Gasteiger partial charge < -0.3 is 5.32 Å². The van der Waals surface area contributed by atoms with Crippen LogP contribution in [-0.2, 0) is 0 Å². The van der Waals surface area contributed by atoms with Crippen molar-refractivity contribution in [2.75, 3.05) is 5.32 Å². The van der Waals surface area contributed by atoms with Gasteiger partial charge in [-0.2, -0.15) is 0 Å². The maximum absolute atomic E-state index is 13.6. The Kier molecular flexibility index (Phi) is 4.21. The average Bonchev–Trinajstić information content (AvgIpc) is 2.40. The maximum atomic E-state index is 13.6. The molecule has 0 saturated heterocycles. The van der Waals surface area contributed by atoms with Gasteiger partial charge in [-0.3, -0.25) is 0 Å². The molecule has 1 atom stereocenters. The number of hydrogen-bond donors (Lipinski definition) is 1. The fourth-order valence-electron chi connectivity index (χ4n) is 2.26. The van der Waals surface area contributed by atoms with E-state index >= 15 is 0 Å². The van der Waals surface area contributed by atoms with Crippen LogP contribution in [0.1, 0.15) is 29.7 Å². The van der Waals surface area contributed by atoms with E-state index in [2.05, 4.69) is 5.32 Å². The number of nitrogens with one attached hydrogen (secondary N) is 1. The van der Waals surface area contributed by atoms with E-state index in [4.69, 9.17) is 0 Å². The van der Waals surface area contributed by atoms with Gasteiger partial charge in [0, 0.05) is 12.1 Å². The molecule has 2 aromatic carbocycles. The number of aryl methyl sites for hydroxylation is 2. The molecule has 0 aliphatic carbocycles. The highest BCUT2D eigenvalue weighted by molar-refractivity contribution is 5.49. The van der Waals surface area contributed by atoms with Gasteiger partial charge in [0.25, 0.3) is 0 Å². The van der Waals surface area contributed by atoms with Crippen LogP contribution in [0.4, 0.5) is 23.2 Å². The quantitative estimate of drug-likeness (QED) is 0.618. The van der Waals surface area contributed by atoms with E-state index in [0.29, 0.717) is 0 Å². The van der Waals surface area contributed by atoms with Crippen LogP contribution < -0.4 is 5.32 Å². The molecule has 0 radical (unpaired) electrons. The minimum atomic E-state index is -1.43. The zero-order chi connectivity index (χ0) is 15.7. The van der Waals surface area contributed by atoms with Crippen molar-refractivity contribution in [2.45, 2.75) is 26.8 Å². The molecule has 112 valence electrons. The average molecular weight is 297 g/mol. The fourth-order valence-corrected chi connectivity index (χ4v) is 2.26. The molecule has 0 heterocycles. The first-order valence-corrected chi connectivity index (χ1v) is 6.47. The normalized spacial score (nSPS) is 12.3. The number of halogens is 4. The molecule has 0 spiro atoms. The van der Waals surface area contributed by atoms with Crippen LogP contribution >= 0.6 is 0 Å². The van der Waals surface area contributed by atoms with Crippen molar-refractivity contribution >= 4 is 5.69 Å². The van der Waals surface area contributed by atoms with E-state index in [1.54, 1.807) is 6.92 Å². The van der Waals surface area contributed by atoms with Crippen LogP contribution in [0.25, 0.3) is 0 Å². The smallest absolute Gasteiger partial charge is 0.185 e. The Labute approximate surface area is 120 Å². The van der Waals surface area contributed by atoms with Crippen LogP contribution in [0.15, 0.2) is 24.3 Å². The number of anilines is 1. The van der Waals surface area contributed by atoms with Crippen molar-refractivity contribution in [3.05, 3.63) is 64.2 Å². The standard InChI is InChI=1S/C16H15F4N/c1-8-4-9(2)6-11(5-8)10(3)21-16-14(19)12(17)7-13(18)15(16)20/h4-7,10,21H,1-3H3. The minimum absolute atomic E-state index is 0.192. The van der Waals surface area contributed by atoms with E-state index in [1.807, 2.05) is 32.0 Å². The van der Waals surface area contributed by atoms with E-state index in [-0.39, 0.29) is 6.07 Å². The van der Waals surface area contributed by atoms with Crippen molar-refractivity contribution in [3.8, 4) is 0 Å². The first-order chi connectivity index (χ1) is 9.79. The molecule has 0 saturated carbocycles. The molecule has 0 amide bonds. The van der Waals surface area contributed by atoms with Gasteiger partial charge in [0.2, 0.25) is 0 Å². The summed E-state index contributed by atoms with van der Waals surface area (Å²) >= 11 is 0. The molecule has 0 aliphatic heterocycles. The monoisotopic (exact) mass is 297 g/mol. The lowest BCUT2D eigenvalue weighted by Gasteiger charge is -2.18. The minimum Gasteiger partial charge on any atom is -0.374 e. The van der Waals surface area contributed by atoms with Crippen molar-refractivity contribution in [1.29, 1.82) is 0 Å².